The van der Waals surface area contributed by atoms with Gasteiger partial charge < -0.3 is 0 Å². The van der Waals surface area contributed by atoms with Crippen LogP contribution in [0.4, 0.5) is 0 Å². The molecule has 0 bridgehead atoms. The second-order valence-electron chi connectivity index (χ2n) is 4.03. The molecule has 1 N–H and O–H groups in total. The highest BCUT2D eigenvalue weighted by Gasteiger charge is 2.16. The van der Waals surface area contributed by atoms with Crippen molar-refractivity contribution in [3.8, 4) is 11.3 Å². The van der Waals surface area contributed by atoms with E-state index >= 15 is 0 Å². The zero-order valence-corrected chi connectivity index (χ0v) is 12.8. The van der Waals surface area contributed by atoms with Crippen LogP contribution in [0.3, 0.4) is 0 Å². The molecule has 6 nitrogen and oxygen atoms in total. The molecule has 0 saturated carbocycles. The van der Waals surface area contributed by atoms with Gasteiger partial charge in [-0.25, -0.2) is 17.8 Å². The Morgan fingerprint density at radius 2 is 2.10 bits per heavy atom. The van der Waals surface area contributed by atoms with Crippen LogP contribution in [0.2, 0.25) is 0 Å². The van der Waals surface area contributed by atoms with Gasteiger partial charge in [0.2, 0.25) is 10.0 Å². The van der Waals surface area contributed by atoms with Crippen LogP contribution in [0.5, 0.6) is 0 Å². The second kappa shape index (κ2) is 5.86. The summed E-state index contributed by atoms with van der Waals surface area (Å²) in [7, 11) is -3.45. The summed E-state index contributed by atoms with van der Waals surface area (Å²) in [6.07, 6.45) is 0. The fourth-order valence-electron chi connectivity index (χ4n) is 1.68. The molecule has 20 heavy (non-hydrogen) atoms. The van der Waals surface area contributed by atoms with E-state index in [0.717, 1.165) is 11.3 Å². The molecule has 2 heterocycles. The number of aryl methyl sites for hydroxylation is 1. The van der Waals surface area contributed by atoms with Crippen molar-refractivity contribution < 1.29 is 8.42 Å². The summed E-state index contributed by atoms with van der Waals surface area (Å²) >= 11 is 1.13. The molecule has 2 aromatic rings. The van der Waals surface area contributed by atoms with Crippen LogP contribution in [-0.4, -0.2) is 24.7 Å². The van der Waals surface area contributed by atoms with Gasteiger partial charge in [0.05, 0.1) is 5.69 Å². The number of hydrogen-bond donors (Lipinski definition) is 1. The van der Waals surface area contributed by atoms with E-state index in [2.05, 4.69) is 9.82 Å². The van der Waals surface area contributed by atoms with Crippen molar-refractivity contribution in [1.29, 1.82) is 0 Å². The van der Waals surface area contributed by atoms with Crippen molar-refractivity contribution >= 4 is 21.4 Å². The second-order valence-corrected chi connectivity index (χ2v) is 6.93. The van der Waals surface area contributed by atoms with Gasteiger partial charge in [0.15, 0.2) is 0 Å². The van der Waals surface area contributed by atoms with Crippen LogP contribution in [-0.2, 0) is 16.6 Å². The van der Waals surface area contributed by atoms with Crippen LogP contribution >= 0.6 is 11.3 Å². The number of rotatable bonds is 5. The number of aromatic nitrogens is 2. The van der Waals surface area contributed by atoms with E-state index in [1.165, 1.54) is 10.7 Å². The maximum Gasteiger partial charge on any atom is 0.266 e. The molecule has 0 unspecified atom stereocenters. The normalized spacial score (nSPS) is 11.7. The number of nitrogens with zero attached hydrogens (tertiary/aromatic N) is 2. The molecule has 0 spiro atoms. The first-order valence-corrected chi connectivity index (χ1v) is 8.51. The number of sulfonamides is 1. The van der Waals surface area contributed by atoms with Gasteiger partial charge in [0.25, 0.3) is 5.56 Å². The van der Waals surface area contributed by atoms with E-state index in [4.69, 9.17) is 0 Å². The van der Waals surface area contributed by atoms with Crippen molar-refractivity contribution in [1.82, 2.24) is 14.5 Å². The number of nitrogens with one attached hydrogen (secondary N) is 1. The predicted octanol–water partition coefficient (Wildman–Crippen LogP) is 1.29. The third-order valence-electron chi connectivity index (χ3n) is 2.64. The maximum absolute atomic E-state index is 11.9. The summed E-state index contributed by atoms with van der Waals surface area (Å²) in [6.45, 7) is 4.37. The molecular weight excluding hydrogens is 298 g/mol. The molecule has 0 aliphatic heterocycles. The summed E-state index contributed by atoms with van der Waals surface area (Å²) < 4.78 is 27.8. The summed E-state index contributed by atoms with van der Waals surface area (Å²) in [5.74, 6) is 0. The zero-order chi connectivity index (χ0) is 14.8. The lowest BCUT2D eigenvalue weighted by Crippen LogP contribution is -2.22. The van der Waals surface area contributed by atoms with Crippen molar-refractivity contribution in [2.24, 2.45) is 0 Å². The molecule has 0 aliphatic rings. The maximum atomic E-state index is 11.9. The van der Waals surface area contributed by atoms with Crippen molar-refractivity contribution in [3.05, 3.63) is 33.9 Å². The predicted molar refractivity (Wildman–Crippen MR) is 78.3 cm³/mol. The Kier molecular flexibility index (Phi) is 4.36. The fraction of sp³-hybridized carbons (Fsp3) is 0.333. The van der Waals surface area contributed by atoms with Gasteiger partial charge in [-0.2, -0.15) is 5.10 Å². The van der Waals surface area contributed by atoms with Gasteiger partial charge in [-0.3, -0.25) is 4.79 Å². The summed E-state index contributed by atoms with van der Waals surface area (Å²) in [4.78, 5) is 11.5. The third kappa shape index (κ3) is 2.97. The van der Waals surface area contributed by atoms with Crippen molar-refractivity contribution in [2.45, 2.75) is 24.6 Å². The first-order valence-electron chi connectivity index (χ1n) is 6.14. The largest absolute Gasteiger partial charge is 0.268 e. The Bertz CT molecular complexity index is 762. The molecule has 0 fully saturated rings. The highest BCUT2D eigenvalue weighted by Crippen LogP contribution is 2.26. The lowest BCUT2D eigenvalue weighted by Gasteiger charge is -2.02. The van der Waals surface area contributed by atoms with Gasteiger partial charge >= 0.3 is 0 Å². The van der Waals surface area contributed by atoms with Gasteiger partial charge in [-0.1, -0.05) is 6.92 Å². The van der Waals surface area contributed by atoms with Crippen LogP contribution in [0.1, 0.15) is 13.8 Å². The van der Waals surface area contributed by atoms with Gasteiger partial charge in [0, 0.05) is 30.1 Å². The monoisotopic (exact) mass is 313 g/mol. The third-order valence-corrected chi connectivity index (χ3v) is 5.62. The van der Waals surface area contributed by atoms with E-state index in [1.54, 1.807) is 24.4 Å². The average Bonchev–Trinajstić information content (AvgIpc) is 2.89. The Hall–Kier alpha value is -1.51. The van der Waals surface area contributed by atoms with Crippen LogP contribution in [0.25, 0.3) is 11.3 Å². The van der Waals surface area contributed by atoms with E-state index in [-0.39, 0.29) is 9.77 Å². The minimum atomic E-state index is -3.45. The average molecular weight is 313 g/mol. The minimum absolute atomic E-state index is 0.174. The van der Waals surface area contributed by atoms with E-state index < -0.39 is 10.0 Å². The zero-order valence-electron chi connectivity index (χ0n) is 11.2. The highest BCUT2D eigenvalue weighted by molar-refractivity contribution is 7.91. The molecule has 0 amide bonds. The Morgan fingerprint density at radius 1 is 1.35 bits per heavy atom. The molecule has 0 saturated heterocycles. The first-order chi connectivity index (χ1) is 9.47. The Morgan fingerprint density at radius 3 is 2.75 bits per heavy atom. The van der Waals surface area contributed by atoms with Gasteiger partial charge in [-0.05, 0) is 19.1 Å². The summed E-state index contributed by atoms with van der Waals surface area (Å²) in [6, 6.07) is 4.59. The molecule has 0 aliphatic carbocycles. The standard InChI is InChI=1S/C12H15N3O3S2/c1-3-13-20(17,18)12-7-9(8-19-12)10-5-6-11(16)15(4-2)14-10/h5-8,13H,3-4H2,1-2H3. The quantitative estimate of drug-likeness (QED) is 0.902. The molecule has 2 aromatic heterocycles. The highest BCUT2D eigenvalue weighted by atomic mass is 32.2. The van der Waals surface area contributed by atoms with Gasteiger partial charge in [-0.15, -0.1) is 11.3 Å². The SMILES string of the molecule is CCNS(=O)(=O)c1cc(-c2ccc(=O)n(CC)n2)cs1. The summed E-state index contributed by atoms with van der Waals surface area (Å²) in [5, 5.41) is 5.92. The van der Waals surface area contributed by atoms with Crippen molar-refractivity contribution in [3.63, 3.8) is 0 Å². The van der Waals surface area contributed by atoms with Crippen LogP contribution in [0.15, 0.2) is 32.6 Å². The molecular formula is C12H15N3O3S2. The molecule has 108 valence electrons. The lowest BCUT2D eigenvalue weighted by molar-refractivity contribution is 0.586. The van der Waals surface area contributed by atoms with E-state index in [1.807, 2.05) is 6.92 Å². The van der Waals surface area contributed by atoms with Crippen molar-refractivity contribution in [2.75, 3.05) is 6.54 Å². The lowest BCUT2D eigenvalue weighted by atomic mass is 10.2. The van der Waals surface area contributed by atoms with Crippen LogP contribution in [0, 0.1) is 0 Å². The topological polar surface area (TPSA) is 81.1 Å². The first kappa shape index (κ1) is 14.9. The Labute approximate surface area is 121 Å². The fourth-order valence-corrected chi connectivity index (χ4v) is 3.94. The number of hydrogen-bond acceptors (Lipinski definition) is 5. The minimum Gasteiger partial charge on any atom is -0.268 e. The summed E-state index contributed by atoms with van der Waals surface area (Å²) in [5.41, 5.74) is 1.10. The Balaban J connectivity index is 2.41. The van der Waals surface area contributed by atoms with Crippen LogP contribution < -0.4 is 10.3 Å². The van der Waals surface area contributed by atoms with E-state index in [9.17, 15) is 13.2 Å². The molecule has 8 heteroatoms. The molecule has 0 atom stereocenters. The number of thiophene rings is 1. The molecule has 0 radical (unpaired) electrons. The van der Waals surface area contributed by atoms with E-state index in [0.29, 0.717) is 24.3 Å². The smallest absolute Gasteiger partial charge is 0.266 e. The molecule has 2 rings (SSSR count). The van der Waals surface area contributed by atoms with Gasteiger partial charge in [0.1, 0.15) is 4.21 Å². The molecule has 0 aromatic carbocycles.